The van der Waals surface area contributed by atoms with Crippen LogP contribution in [0.15, 0.2) is 59.8 Å². The topological polar surface area (TPSA) is 83.7 Å². The normalized spacial score (nSPS) is 12.2. The number of anilines is 1. The van der Waals surface area contributed by atoms with Gasteiger partial charge in [0, 0.05) is 12.4 Å². The van der Waals surface area contributed by atoms with Gasteiger partial charge in [-0.3, -0.25) is 4.72 Å². The molecular formula is C14H11N3O3S. The maximum Gasteiger partial charge on any atom is 0.356 e. The van der Waals surface area contributed by atoms with Gasteiger partial charge >= 0.3 is 5.97 Å². The molecule has 0 fully saturated rings. The minimum atomic E-state index is -1.38. The van der Waals surface area contributed by atoms with E-state index in [0.29, 0.717) is 16.2 Å². The molecule has 0 spiro atoms. The molecule has 106 valence electrons. The van der Waals surface area contributed by atoms with Crippen molar-refractivity contribution in [2.75, 3.05) is 4.72 Å². The van der Waals surface area contributed by atoms with Gasteiger partial charge in [-0.25, -0.2) is 14.0 Å². The quantitative estimate of drug-likeness (QED) is 0.773. The van der Waals surface area contributed by atoms with Crippen LogP contribution in [-0.2, 0) is 11.0 Å². The van der Waals surface area contributed by atoms with Gasteiger partial charge in [-0.1, -0.05) is 18.2 Å². The Morgan fingerprint density at radius 1 is 1.14 bits per heavy atom. The van der Waals surface area contributed by atoms with Gasteiger partial charge in [-0.2, -0.15) is 0 Å². The van der Waals surface area contributed by atoms with E-state index >= 15 is 0 Å². The van der Waals surface area contributed by atoms with Crippen molar-refractivity contribution >= 4 is 28.3 Å². The van der Waals surface area contributed by atoms with Gasteiger partial charge in [0.2, 0.25) is 0 Å². The van der Waals surface area contributed by atoms with E-state index in [9.17, 15) is 9.00 Å². The molecule has 6 nitrogen and oxygen atoms in total. The van der Waals surface area contributed by atoms with E-state index in [2.05, 4.69) is 9.71 Å². The Morgan fingerprint density at radius 3 is 2.62 bits per heavy atom. The van der Waals surface area contributed by atoms with Crippen LogP contribution in [0.5, 0.6) is 0 Å². The average Bonchev–Trinajstić information content (AvgIpc) is 2.91. The highest BCUT2D eigenvalue weighted by atomic mass is 32.2. The molecule has 0 radical (unpaired) electrons. The molecule has 3 aromatic rings. The average molecular weight is 301 g/mol. The van der Waals surface area contributed by atoms with Crippen molar-refractivity contribution in [3.05, 3.63) is 60.6 Å². The first kappa shape index (κ1) is 13.3. The molecule has 0 aliphatic heterocycles. The molecule has 0 saturated heterocycles. The monoisotopic (exact) mass is 301 g/mol. The Balaban J connectivity index is 1.87. The first-order valence-corrected chi connectivity index (χ1v) is 7.24. The second-order valence-corrected chi connectivity index (χ2v) is 5.51. The zero-order valence-electron chi connectivity index (χ0n) is 10.8. The Hall–Kier alpha value is -2.67. The largest absolute Gasteiger partial charge is 0.476 e. The number of nitrogens with zero attached hydrogens (tertiary/aromatic N) is 2. The van der Waals surface area contributed by atoms with Crippen molar-refractivity contribution in [2.24, 2.45) is 0 Å². The number of hydrogen-bond acceptors (Lipinski definition) is 3. The number of rotatable bonds is 4. The Morgan fingerprint density at radius 2 is 1.90 bits per heavy atom. The van der Waals surface area contributed by atoms with E-state index in [0.717, 1.165) is 0 Å². The molecule has 0 aliphatic rings. The number of fused-ring (bicyclic) bond motifs is 1. The van der Waals surface area contributed by atoms with Crippen LogP contribution in [-0.4, -0.2) is 24.7 Å². The van der Waals surface area contributed by atoms with E-state index in [1.807, 2.05) is 18.2 Å². The highest BCUT2D eigenvalue weighted by Gasteiger charge is 2.09. The van der Waals surface area contributed by atoms with Crippen LogP contribution in [0.1, 0.15) is 10.5 Å². The molecule has 2 aromatic heterocycles. The number of imidazole rings is 1. The van der Waals surface area contributed by atoms with Crippen molar-refractivity contribution in [3.8, 4) is 0 Å². The summed E-state index contributed by atoms with van der Waals surface area (Å²) >= 11 is 0. The molecule has 0 amide bonds. The summed E-state index contributed by atoms with van der Waals surface area (Å²) in [6, 6.07) is 12.4. The van der Waals surface area contributed by atoms with Crippen molar-refractivity contribution < 1.29 is 14.1 Å². The van der Waals surface area contributed by atoms with Gasteiger partial charge in [0.15, 0.2) is 5.69 Å². The third-order valence-corrected chi connectivity index (χ3v) is 3.96. The summed E-state index contributed by atoms with van der Waals surface area (Å²) in [7, 11) is -1.38. The zero-order chi connectivity index (χ0) is 14.8. The van der Waals surface area contributed by atoms with Crippen molar-refractivity contribution in [3.63, 3.8) is 0 Å². The highest BCUT2D eigenvalue weighted by molar-refractivity contribution is 7.86. The molecule has 21 heavy (non-hydrogen) atoms. The van der Waals surface area contributed by atoms with Gasteiger partial charge in [0.1, 0.15) is 16.6 Å². The molecule has 0 saturated carbocycles. The predicted octanol–water partition coefficient (Wildman–Crippen LogP) is 2.17. The summed E-state index contributed by atoms with van der Waals surface area (Å²) in [6.45, 7) is 0. The van der Waals surface area contributed by atoms with Crippen LogP contribution in [0.4, 0.5) is 5.69 Å². The smallest absolute Gasteiger partial charge is 0.356 e. The van der Waals surface area contributed by atoms with Crippen LogP contribution < -0.4 is 4.72 Å². The first-order valence-electron chi connectivity index (χ1n) is 6.09. The van der Waals surface area contributed by atoms with Crippen LogP contribution in [0, 0.1) is 0 Å². The zero-order valence-corrected chi connectivity index (χ0v) is 11.6. The van der Waals surface area contributed by atoms with Gasteiger partial charge < -0.3 is 9.51 Å². The number of hydrogen-bond donors (Lipinski definition) is 2. The molecule has 1 unspecified atom stereocenters. The SMILES string of the molecule is O=C(O)c1cn2cc(NS(=O)c3ccccc3)ccc2n1. The maximum absolute atomic E-state index is 12.1. The lowest BCUT2D eigenvalue weighted by Gasteiger charge is -2.06. The summed E-state index contributed by atoms with van der Waals surface area (Å²) in [5, 5.41) is 8.91. The molecule has 7 heteroatoms. The lowest BCUT2D eigenvalue weighted by atomic mass is 10.4. The molecule has 2 heterocycles. The number of carboxylic acid groups (broad SMARTS) is 1. The highest BCUT2D eigenvalue weighted by Crippen LogP contribution is 2.15. The maximum atomic E-state index is 12.1. The molecular weight excluding hydrogens is 290 g/mol. The van der Waals surface area contributed by atoms with Gasteiger partial charge in [0.05, 0.1) is 10.6 Å². The van der Waals surface area contributed by atoms with Crippen LogP contribution >= 0.6 is 0 Å². The second-order valence-electron chi connectivity index (χ2n) is 4.30. The molecule has 0 bridgehead atoms. The third kappa shape index (κ3) is 2.77. The minimum absolute atomic E-state index is 0.0312. The van der Waals surface area contributed by atoms with Crippen molar-refractivity contribution in [1.29, 1.82) is 0 Å². The molecule has 1 atom stereocenters. The fraction of sp³-hybridized carbons (Fsp3) is 0. The molecule has 1 aromatic carbocycles. The van der Waals surface area contributed by atoms with Crippen LogP contribution in [0.2, 0.25) is 0 Å². The number of carbonyl (C=O) groups is 1. The molecule has 2 N–H and O–H groups in total. The summed E-state index contributed by atoms with van der Waals surface area (Å²) in [6.07, 6.45) is 3.06. The van der Waals surface area contributed by atoms with E-state index in [-0.39, 0.29) is 5.69 Å². The summed E-state index contributed by atoms with van der Waals surface area (Å²) < 4.78 is 16.6. The Labute approximate surface area is 122 Å². The van der Waals surface area contributed by atoms with Crippen LogP contribution in [0.3, 0.4) is 0 Å². The van der Waals surface area contributed by atoms with Crippen molar-refractivity contribution in [2.45, 2.75) is 4.90 Å². The summed E-state index contributed by atoms with van der Waals surface area (Å²) in [5.74, 6) is -1.08. The number of pyridine rings is 1. The van der Waals surface area contributed by atoms with Gasteiger partial charge in [-0.05, 0) is 24.3 Å². The van der Waals surface area contributed by atoms with E-state index in [1.165, 1.54) is 6.20 Å². The second kappa shape index (κ2) is 5.37. The Kier molecular flexibility index (Phi) is 3.41. The number of carboxylic acids is 1. The van der Waals surface area contributed by atoms with E-state index in [4.69, 9.17) is 5.11 Å². The molecule has 3 rings (SSSR count). The lowest BCUT2D eigenvalue weighted by molar-refractivity contribution is 0.0691. The number of aromatic carboxylic acids is 1. The third-order valence-electron chi connectivity index (χ3n) is 2.84. The van der Waals surface area contributed by atoms with Crippen LogP contribution in [0.25, 0.3) is 5.65 Å². The first-order chi connectivity index (χ1) is 10.1. The standard InChI is InChI=1S/C14H11N3O3S/c18-14(19)12-9-17-8-10(6-7-13(17)15-12)16-21(20)11-4-2-1-3-5-11/h1-9,16H,(H,18,19). The molecule has 0 aliphatic carbocycles. The summed E-state index contributed by atoms with van der Waals surface area (Å²) in [5.41, 5.74) is 1.10. The predicted molar refractivity (Wildman–Crippen MR) is 78.6 cm³/mol. The lowest BCUT2D eigenvalue weighted by Crippen LogP contribution is -2.05. The number of aromatic nitrogens is 2. The van der Waals surface area contributed by atoms with E-state index < -0.39 is 17.0 Å². The number of nitrogens with one attached hydrogen (secondary N) is 1. The van der Waals surface area contributed by atoms with Gasteiger partial charge in [0.25, 0.3) is 0 Å². The van der Waals surface area contributed by atoms with E-state index in [1.54, 1.807) is 34.9 Å². The fourth-order valence-electron chi connectivity index (χ4n) is 1.87. The Bertz CT molecular complexity index is 830. The van der Waals surface area contributed by atoms with Crippen molar-refractivity contribution in [1.82, 2.24) is 9.38 Å². The summed E-state index contributed by atoms with van der Waals surface area (Å²) in [4.78, 5) is 15.5. The fourth-order valence-corrected chi connectivity index (χ4v) is 2.72. The minimum Gasteiger partial charge on any atom is -0.476 e. The number of benzene rings is 1. The van der Waals surface area contributed by atoms with Gasteiger partial charge in [-0.15, -0.1) is 0 Å².